The number of carboxylic acid groups (broad SMARTS) is 1. The van der Waals surface area contributed by atoms with Gasteiger partial charge < -0.3 is 15.2 Å². The molecule has 4 nitrogen and oxygen atoms in total. The van der Waals surface area contributed by atoms with Crippen LogP contribution in [0.3, 0.4) is 0 Å². The Hall–Kier alpha value is -1.76. The summed E-state index contributed by atoms with van der Waals surface area (Å²) in [4.78, 5) is 11.0. The quantitative estimate of drug-likeness (QED) is 0.785. The number of carbonyl (C=O) groups is 1. The number of anilines is 1. The van der Waals surface area contributed by atoms with Crippen molar-refractivity contribution in [2.24, 2.45) is 0 Å². The Labute approximate surface area is 108 Å². The molecule has 0 unspecified atom stereocenters. The molecule has 0 aromatic heterocycles. The van der Waals surface area contributed by atoms with Gasteiger partial charge in [0, 0.05) is 6.54 Å². The van der Waals surface area contributed by atoms with Gasteiger partial charge in [-0.1, -0.05) is 12.1 Å². The Kier molecular flexibility index (Phi) is 5.17. The summed E-state index contributed by atoms with van der Waals surface area (Å²) in [6, 6.07) is 4.74. The van der Waals surface area contributed by atoms with Crippen molar-refractivity contribution in [1.82, 2.24) is 0 Å². The molecule has 0 aliphatic heterocycles. The number of hydrogen-bond donors (Lipinski definition) is 2. The fourth-order valence-electron chi connectivity index (χ4n) is 1.52. The Bertz CT molecular complexity index is 446. The number of aryl methyl sites for hydroxylation is 1. The molecular formula is C12H14F3NO3. The van der Waals surface area contributed by atoms with Crippen LogP contribution in [0, 0.1) is 6.92 Å². The molecule has 0 aliphatic carbocycles. The number of benzene rings is 1. The smallest absolute Gasteiger partial charge is 0.411 e. The van der Waals surface area contributed by atoms with E-state index in [1.165, 1.54) is 6.07 Å². The molecule has 19 heavy (non-hydrogen) atoms. The lowest BCUT2D eigenvalue weighted by molar-refractivity contribution is -0.172. The van der Waals surface area contributed by atoms with E-state index in [0.29, 0.717) is 11.3 Å². The van der Waals surface area contributed by atoms with Crippen LogP contribution >= 0.6 is 0 Å². The number of ether oxygens (including phenoxy) is 1. The number of carboxylic acids is 1. The molecule has 7 heteroatoms. The predicted octanol–water partition coefficient (Wildman–Crippen LogP) is 2.68. The van der Waals surface area contributed by atoms with Crippen LogP contribution in [0.4, 0.5) is 18.9 Å². The third kappa shape index (κ3) is 5.17. The maximum atomic E-state index is 11.8. The fraction of sp³-hybridized carbons (Fsp3) is 0.417. The molecule has 0 saturated carbocycles. The second kappa shape index (κ2) is 6.42. The zero-order valence-electron chi connectivity index (χ0n) is 10.3. The lowest BCUT2D eigenvalue weighted by Gasteiger charge is -2.13. The monoisotopic (exact) mass is 277 g/mol. The highest BCUT2D eigenvalue weighted by molar-refractivity contribution is 5.95. The van der Waals surface area contributed by atoms with Crippen LogP contribution in [0.25, 0.3) is 0 Å². The molecule has 1 rings (SSSR count). The third-order valence-corrected chi connectivity index (χ3v) is 2.32. The van der Waals surface area contributed by atoms with E-state index >= 15 is 0 Å². The minimum atomic E-state index is -4.35. The van der Waals surface area contributed by atoms with Crippen LogP contribution in [0.15, 0.2) is 18.2 Å². The van der Waals surface area contributed by atoms with E-state index in [4.69, 9.17) is 5.11 Å². The van der Waals surface area contributed by atoms with Crippen LogP contribution in [0.1, 0.15) is 15.9 Å². The molecule has 2 N–H and O–H groups in total. The average Bonchev–Trinajstić information content (AvgIpc) is 2.28. The molecule has 0 heterocycles. The Morgan fingerprint density at radius 2 is 2.11 bits per heavy atom. The first-order valence-corrected chi connectivity index (χ1v) is 5.52. The van der Waals surface area contributed by atoms with Gasteiger partial charge in [0.2, 0.25) is 0 Å². The normalized spacial score (nSPS) is 11.4. The van der Waals surface area contributed by atoms with Crippen LogP contribution in [-0.2, 0) is 4.74 Å². The number of rotatable bonds is 6. The second-order valence-corrected chi connectivity index (χ2v) is 3.90. The van der Waals surface area contributed by atoms with Crippen molar-refractivity contribution < 1.29 is 27.8 Å². The molecule has 0 saturated heterocycles. The first-order chi connectivity index (χ1) is 8.81. The number of aromatic carboxylic acids is 1. The molecular weight excluding hydrogens is 263 g/mol. The largest absolute Gasteiger partial charge is 0.478 e. The summed E-state index contributed by atoms with van der Waals surface area (Å²) in [5.41, 5.74) is 1.18. The van der Waals surface area contributed by atoms with Gasteiger partial charge in [0.1, 0.15) is 6.61 Å². The second-order valence-electron chi connectivity index (χ2n) is 3.90. The molecule has 0 amide bonds. The summed E-state index contributed by atoms with van der Waals surface area (Å²) in [6.07, 6.45) is -4.35. The van der Waals surface area contributed by atoms with Gasteiger partial charge in [-0.05, 0) is 18.6 Å². The summed E-state index contributed by atoms with van der Waals surface area (Å²) in [7, 11) is 0. The van der Waals surface area contributed by atoms with Crippen LogP contribution in [0.5, 0.6) is 0 Å². The van der Waals surface area contributed by atoms with Crippen molar-refractivity contribution in [1.29, 1.82) is 0 Å². The van der Waals surface area contributed by atoms with Gasteiger partial charge in [-0.3, -0.25) is 0 Å². The van der Waals surface area contributed by atoms with Crippen molar-refractivity contribution in [2.45, 2.75) is 13.1 Å². The highest BCUT2D eigenvalue weighted by Crippen LogP contribution is 2.20. The lowest BCUT2D eigenvalue weighted by Crippen LogP contribution is -2.20. The van der Waals surface area contributed by atoms with E-state index in [0.717, 1.165) is 0 Å². The number of halogens is 3. The van der Waals surface area contributed by atoms with Crippen molar-refractivity contribution >= 4 is 11.7 Å². The molecule has 0 radical (unpaired) electrons. The standard InChI is InChI=1S/C12H14F3NO3/c1-8-3-2-4-9(11(17)18)10(8)16-5-6-19-7-12(13,14)15/h2-4,16H,5-7H2,1H3,(H,17,18). The zero-order valence-corrected chi connectivity index (χ0v) is 10.3. The number of nitrogens with one attached hydrogen (secondary N) is 1. The van der Waals surface area contributed by atoms with E-state index in [9.17, 15) is 18.0 Å². The molecule has 106 valence electrons. The predicted molar refractivity (Wildman–Crippen MR) is 63.5 cm³/mol. The number of hydrogen-bond acceptors (Lipinski definition) is 3. The minimum Gasteiger partial charge on any atom is -0.478 e. The Morgan fingerprint density at radius 1 is 1.42 bits per heavy atom. The van der Waals surface area contributed by atoms with Crippen molar-refractivity contribution in [2.75, 3.05) is 25.1 Å². The summed E-state index contributed by atoms with van der Waals surface area (Å²) < 4.78 is 39.9. The number of alkyl halides is 3. The maximum Gasteiger partial charge on any atom is 0.411 e. The first kappa shape index (κ1) is 15.3. The van der Waals surface area contributed by atoms with Gasteiger partial charge in [0.15, 0.2) is 0 Å². The van der Waals surface area contributed by atoms with Crippen LogP contribution in [-0.4, -0.2) is 37.0 Å². The van der Waals surface area contributed by atoms with E-state index in [-0.39, 0.29) is 18.7 Å². The first-order valence-electron chi connectivity index (χ1n) is 5.52. The Balaban J connectivity index is 2.52. The molecule has 0 bridgehead atoms. The van der Waals surface area contributed by atoms with Crippen molar-refractivity contribution in [3.05, 3.63) is 29.3 Å². The van der Waals surface area contributed by atoms with Crippen molar-refractivity contribution in [3.63, 3.8) is 0 Å². The lowest BCUT2D eigenvalue weighted by atomic mass is 10.1. The average molecular weight is 277 g/mol. The van der Waals surface area contributed by atoms with Gasteiger partial charge in [0.25, 0.3) is 0 Å². The summed E-state index contributed by atoms with van der Waals surface area (Å²) in [5.74, 6) is -1.09. The van der Waals surface area contributed by atoms with Crippen LogP contribution in [0.2, 0.25) is 0 Å². The van der Waals surface area contributed by atoms with Gasteiger partial charge in [-0.15, -0.1) is 0 Å². The number of para-hydroxylation sites is 1. The Morgan fingerprint density at radius 3 is 2.68 bits per heavy atom. The van der Waals surface area contributed by atoms with Gasteiger partial charge >= 0.3 is 12.1 Å². The van der Waals surface area contributed by atoms with Gasteiger partial charge in [-0.2, -0.15) is 13.2 Å². The summed E-state index contributed by atoms with van der Waals surface area (Å²) >= 11 is 0. The van der Waals surface area contributed by atoms with E-state index in [1.54, 1.807) is 19.1 Å². The highest BCUT2D eigenvalue weighted by atomic mass is 19.4. The summed E-state index contributed by atoms with van der Waals surface area (Å²) in [6.45, 7) is 0.341. The van der Waals surface area contributed by atoms with E-state index in [2.05, 4.69) is 10.1 Å². The molecule has 1 aromatic rings. The zero-order chi connectivity index (χ0) is 14.5. The highest BCUT2D eigenvalue weighted by Gasteiger charge is 2.27. The SMILES string of the molecule is Cc1cccc(C(=O)O)c1NCCOCC(F)(F)F. The molecule has 0 fully saturated rings. The van der Waals surface area contributed by atoms with Crippen molar-refractivity contribution in [3.8, 4) is 0 Å². The minimum absolute atomic E-state index is 0.0795. The van der Waals surface area contributed by atoms with Crippen LogP contribution < -0.4 is 5.32 Å². The molecule has 0 atom stereocenters. The topological polar surface area (TPSA) is 58.6 Å². The third-order valence-electron chi connectivity index (χ3n) is 2.32. The maximum absolute atomic E-state index is 11.8. The fourth-order valence-corrected chi connectivity index (χ4v) is 1.52. The molecule has 0 spiro atoms. The summed E-state index contributed by atoms with van der Waals surface area (Å²) in [5, 5.41) is 11.8. The van der Waals surface area contributed by atoms with E-state index < -0.39 is 18.8 Å². The molecule has 0 aliphatic rings. The van der Waals surface area contributed by atoms with Gasteiger partial charge in [-0.25, -0.2) is 4.79 Å². The van der Waals surface area contributed by atoms with Gasteiger partial charge in [0.05, 0.1) is 17.9 Å². The van der Waals surface area contributed by atoms with E-state index in [1.807, 2.05) is 0 Å². The molecule has 1 aromatic carbocycles.